The van der Waals surface area contributed by atoms with Crippen molar-refractivity contribution in [3.8, 4) is 0 Å². The minimum atomic E-state index is -0.247. The molecule has 15 heavy (non-hydrogen) atoms. The third kappa shape index (κ3) is 1.48. The van der Waals surface area contributed by atoms with Crippen molar-refractivity contribution in [2.75, 3.05) is 0 Å². The van der Waals surface area contributed by atoms with E-state index in [0.29, 0.717) is 0 Å². The number of fused-ring (bicyclic) bond motifs is 1. The number of benzene rings is 1. The molecule has 0 bridgehead atoms. The normalized spacial score (nSPS) is 22.6. The Morgan fingerprint density at radius 3 is 3.07 bits per heavy atom. The summed E-state index contributed by atoms with van der Waals surface area (Å²) in [5.74, 6) is -0.247. The molecule has 0 spiro atoms. The van der Waals surface area contributed by atoms with Crippen molar-refractivity contribution in [3.05, 3.63) is 35.6 Å². The van der Waals surface area contributed by atoms with Crippen LogP contribution >= 0.6 is 11.8 Å². The Labute approximate surface area is 89.8 Å². The van der Waals surface area contributed by atoms with Crippen LogP contribution < -0.4 is 0 Å². The Morgan fingerprint density at radius 2 is 2.27 bits per heavy atom. The first-order chi connectivity index (χ1) is 7.33. The van der Waals surface area contributed by atoms with Crippen LogP contribution in [0.1, 0.15) is 5.56 Å². The van der Waals surface area contributed by atoms with Gasteiger partial charge < -0.3 is 0 Å². The molecule has 0 radical (unpaired) electrons. The summed E-state index contributed by atoms with van der Waals surface area (Å²) in [5, 5.41) is 9.39. The first-order valence-corrected chi connectivity index (χ1v) is 5.27. The number of rotatable bonds is 1. The van der Waals surface area contributed by atoms with Gasteiger partial charge in [0.05, 0.1) is 6.21 Å². The predicted octanol–water partition coefficient (Wildman–Crippen LogP) is 2.09. The summed E-state index contributed by atoms with van der Waals surface area (Å²) < 4.78 is 13.0. The lowest BCUT2D eigenvalue weighted by molar-refractivity contribution is 0.627. The highest BCUT2D eigenvalue weighted by atomic mass is 32.2. The van der Waals surface area contributed by atoms with Crippen molar-refractivity contribution in [2.45, 2.75) is 6.04 Å². The smallest absolute Gasteiger partial charge is 0.138 e. The summed E-state index contributed by atoms with van der Waals surface area (Å²) in [5.41, 5.74) is 0.797. The largest absolute Gasteiger partial charge is 0.261 e. The fourth-order valence-corrected chi connectivity index (χ4v) is 2.38. The molecule has 2 heterocycles. The van der Waals surface area contributed by atoms with Crippen LogP contribution in [0, 0.1) is 5.82 Å². The summed E-state index contributed by atoms with van der Waals surface area (Å²) in [7, 11) is 0. The Balaban J connectivity index is 1.97. The summed E-state index contributed by atoms with van der Waals surface area (Å²) in [6.45, 7) is 0. The number of hydrogen-bond donors (Lipinski definition) is 0. The standard InChI is InChI=1S/C10H6FN3S/c11-7-3-1-2-6(4-7)9-13-8-5-12-14-10(8)15-9/h1-5,8H/t8-/m1/s1. The van der Waals surface area contributed by atoms with Crippen molar-refractivity contribution in [1.29, 1.82) is 0 Å². The Morgan fingerprint density at radius 1 is 1.33 bits per heavy atom. The number of nitrogens with zero attached hydrogens (tertiary/aromatic N) is 3. The van der Waals surface area contributed by atoms with Gasteiger partial charge in [-0.1, -0.05) is 12.1 Å². The molecule has 0 fully saturated rings. The second-order valence-corrected chi connectivity index (χ2v) is 4.20. The Kier molecular flexibility index (Phi) is 1.92. The van der Waals surface area contributed by atoms with E-state index in [1.54, 1.807) is 12.3 Å². The summed E-state index contributed by atoms with van der Waals surface area (Å²) >= 11 is 1.45. The second kappa shape index (κ2) is 3.27. The number of thioether (sulfide) groups is 1. The minimum absolute atomic E-state index is 0.0479. The zero-order chi connectivity index (χ0) is 10.3. The van der Waals surface area contributed by atoms with Gasteiger partial charge in [-0.25, -0.2) is 4.39 Å². The van der Waals surface area contributed by atoms with Crippen LogP contribution in [0.25, 0.3) is 0 Å². The van der Waals surface area contributed by atoms with E-state index in [2.05, 4.69) is 15.2 Å². The summed E-state index contributed by atoms with van der Waals surface area (Å²) in [6, 6.07) is 6.37. The zero-order valence-electron chi connectivity index (χ0n) is 7.59. The lowest BCUT2D eigenvalue weighted by Crippen LogP contribution is -2.06. The van der Waals surface area contributed by atoms with Gasteiger partial charge in [-0.2, -0.15) is 5.10 Å². The Hall–Kier alpha value is -1.49. The summed E-state index contributed by atoms with van der Waals surface area (Å²) in [4.78, 5) is 4.39. The first-order valence-electron chi connectivity index (χ1n) is 4.45. The molecule has 0 N–H and O–H groups in total. The second-order valence-electron chi connectivity index (χ2n) is 3.19. The molecule has 3 nitrogen and oxygen atoms in total. The molecule has 0 amide bonds. The molecule has 1 aromatic carbocycles. The molecule has 2 aliphatic heterocycles. The summed E-state index contributed by atoms with van der Waals surface area (Å²) in [6.07, 6.45) is 1.69. The van der Waals surface area contributed by atoms with Crippen molar-refractivity contribution < 1.29 is 4.39 Å². The molecule has 0 aromatic heterocycles. The average molecular weight is 219 g/mol. The molecule has 0 saturated heterocycles. The van der Waals surface area contributed by atoms with E-state index in [0.717, 1.165) is 15.7 Å². The van der Waals surface area contributed by atoms with Gasteiger partial charge in [0.15, 0.2) is 0 Å². The SMILES string of the molecule is Fc1cccc(C2=N[C@@H]3C=NN=C3S2)c1. The lowest BCUT2D eigenvalue weighted by Gasteiger charge is -1.98. The molecule has 74 valence electrons. The number of aliphatic imine (C=N–C) groups is 1. The van der Waals surface area contributed by atoms with Gasteiger partial charge >= 0.3 is 0 Å². The molecule has 0 unspecified atom stereocenters. The van der Waals surface area contributed by atoms with Crippen LogP contribution in [0.5, 0.6) is 0 Å². The van der Waals surface area contributed by atoms with Gasteiger partial charge in [0, 0.05) is 5.56 Å². The van der Waals surface area contributed by atoms with Crippen LogP contribution in [0.3, 0.4) is 0 Å². The first kappa shape index (κ1) is 8.79. The molecule has 2 aliphatic rings. The molecule has 0 aliphatic carbocycles. The average Bonchev–Trinajstić information content (AvgIpc) is 2.76. The Bertz CT molecular complexity index is 507. The van der Waals surface area contributed by atoms with Gasteiger partial charge in [-0.3, -0.25) is 4.99 Å². The predicted molar refractivity (Wildman–Crippen MR) is 60.2 cm³/mol. The highest BCUT2D eigenvalue weighted by Crippen LogP contribution is 2.28. The highest BCUT2D eigenvalue weighted by Gasteiger charge is 2.28. The van der Waals surface area contributed by atoms with Gasteiger partial charge in [0.2, 0.25) is 0 Å². The van der Waals surface area contributed by atoms with E-state index in [1.807, 2.05) is 6.07 Å². The molecule has 5 heteroatoms. The maximum atomic E-state index is 13.0. The van der Waals surface area contributed by atoms with Crippen LogP contribution in [0.2, 0.25) is 0 Å². The highest BCUT2D eigenvalue weighted by molar-refractivity contribution is 8.27. The minimum Gasteiger partial charge on any atom is -0.261 e. The fraction of sp³-hybridized carbons (Fsp3) is 0.100. The molecular formula is C10H6FN3S. The van der Waals surface area contributed by atoms with E-state index < -0.39 is 0 Å². The molecule has 1 atom stereocenters. The van der Waals surface area contributed by atoms with Crippen LogP contribution in [0.15, 0.2) is 39.5 Å². The van der Waals surface area contributed by atoms with Crippen LogP contribution in [-0.4, -0.2) is 22.3 Å². The van der Waals surface area contributed by atoms with Crippen molar-refractivity contribution >= 4 is 28.1 Å². The third-order valence-corrected chi connectivity index (χ3v) is 3.21. The van der Waals surface area contributed by atoms with E-state index in [1.165, 1.54) is 23.9 Å². The van der Waals surface area contributed by atoms with Crippen LogP contribution in [0.4, 0.5) is 4.39 Å². The van der Waals surface area contributed by atoms with Gasteiger partial charge in [0.1, 0.15) is 21.9 Å². The zero-order valence-corrected chi connectivity index (χ0v) is 8.41. The fourth-order valence-electron chi connectivity index (χ4n) is 1.45. The quantitative estimate of drug-likeness (QED) is 0.712. The van der Waals surface area contributed by atoms with E-state index in [4.69, 9.17) is 0 Å². The molecule has 1 aromatic rings. The molecular weight excluding hydrogens is 213 g/mol. The van der Waals surface area contributed by atoms with E-state index >= 15 is 0 Å². The maximum absolute atomic E-state index is 13.0. The van der Waals surface area contributed by atoms with Gasteiger partial charge in [-0.05, 0) is 23.9 Å². The van der Waals surface area contributed by atoms with E-state index in [9.17, 15) is 4.39 Å². The topological polar surface area (TPSA) is 37.1 Å². The van der Waals surface area contributed by atoms with E-state index in [-0.39, 0.29) is 11.9 Å². The third-order valence-electron chi connectivity index (χ3n) is 2.15. The molecule has 0 saturated carbocycles. The van der Waals surface area contributed by atoms with Crippen molar-refractivity contribution in [3.63, 3.8) is 0 Å². The maximum Gasteiger partial charge on any atom is 0.138 e. The lowest BCUT2D eigenvalue weighted by atomic mass is 10.2. The molecule has 3 rings (SSSR count). The van der Waals surface area contributed by atoms with Gasteiger partial charge in [-0.15, -0.1) is 5.10 Å². The number of halogens is 1. The monoisotopic (exact) mass is 219 g/mol. The van der Waals surface area contributed by atoms with Crippen molar-refractivity contribution in [2.24, 2.45) is 15.2 Å². The van der Waals surface area contributed by atoms with Gasteiger partial charge in [0.25, 0.3) is 0 Å². The number of hydrogen-bond acceptors (Lipinski definition) is 4. The van der Waals surface area contributed by atoms with Crippen LogP contribution in [-0.2, 0) is 0 Å². The van der Waals surface area contributed by atoms with Crippen molar-refractivity contribution in [1.82, 2.24) is 0 Å².